The number of benzene rings is 1. The molecule has 2 unspecified atom stereocenters. The highest BCUT2D eigenvalue weighted by molar-refractivity contribution is 6.02. The smallest absolute Gasteiger partial charge is 0.333 e. The van der Waals surface area contributed by atoms with E-state index >= 15 is 0 Å². The second-order valence-corrected chi connectivity index (χ2v) is 9.04. The van der Waals surface area contributed by atoms with Crippen LogP contribution in [0.3, 0.4) is 0 Å². The minimum absolute atomic E-state index is 0.156. The SMILES string of the molecule is C=C(C)C(=O)OCCCCCCOc1ccc(/C=C2\C(=O)C(C(C)C)CCC2C)cc1. The predicted octanol–water partition coefficient (Wildman–Crippen LogP) is 6.40. The molecule has 1 saturated carbocycles. The van der Waals surface area contributed by atoms with Crippen LogP contribution in [0.25, 0.3) is 6.08 Å². The normalized spacial score (nSPS) is 20.2. The Hall–Kier alpha value is -2.36. The lowest BCUT2D eigenvalue weighted by atomic mass is 9.73. The summed E-state index contributed by atoms with van der Waals surface area (Å²) in [5.74, 6) is 1.73. The summed E-state index contributed by atoms with van der Waals surface area (Å²) in [5, 5.41) is 0. The van der Waals surface area contributed by atoms with Crippen LogP contribution in [0.1, 0.15) is 71.8 Å². The molecule has 1 aliphatic carbocycles. The van der Waals surface area contributed by atoms with Gasteiger partial charge in [-0.2, -0.15) is 0 Å². The molecule has 0 amide bonds. The van der Waals surface area contributed by atoms with Crippen molar-refractivity contribution in [1.82, 2.24) is 0 Å². The van der Waals surface area contributed by atoms with E-state index in [9.17, 15) is 9.59 Å². The van der Waals surface area contributed by atoms with Crippen LogP contribution in [0.5, 0.6) is 5.75 Å². The van der Waals surface area contributed by atoms with Gasteiger partial charge in [0.05, 0.1) is 13.2 Å². The summed E-state index contributed by atoms with van der Waals surface area (Å²) in [7, 11) is 0. The fourth-order valence-corrected chi connectivity index (χ4v) is 3.90. The van der Waals surface area contributed by atoms with E-state index in [0.717, 1.165) is 55.4 Å². The number of carbonyl (C=O) groups is 2. The van der Waals surface area contributed by atoms with Gasteiger partial charge in [0.25, 0.3) is 0 Å². The van der Waals surface area contributed by atoms with Gasteiger partial charge in [-0.1, -0.05) is 39.5 Å². The number of carbonyl (C=O) groups excluding carboxylic acids is 2. The molecule has 4 heteroatoms. The lowest BCUT2D eigenvalue weighted by molar-refractivity contribution is -0.139. The number of Topliss-reactive ketones (excluding diaryl/α,β-unsaturated/α-hetero) is 1. The minimum Gasteiger partial charge on any atom is -0.494 e. The van der Waals surface area contributed by atoms with E-state index in [0.29, 0.717) is 36.4 Å². The summed E-state index contributed by atoms with van der Waals surface area (Å²) in [6.07, 6.45) is 8.00. The molecule has 0 spiro atoms. The topological polar surface area (TPSA) is 52.6 Å². The average Bonchev–Trinajstić information content (AvgIpc) is 2.73. The Morgan fingerprint density at radius 1 is 1.10 bits per heavy atom. The quantitative estimate of drug-likeness (QED) is 0.233. The highest BCUT2D eigenvalue weighted by Crippen LogP contribution is 2.35. The first-order valence-electron chi connectivity index (χ1n) is 11.6. The van der Waals surface area contributed by atoms with Crippen molar-refractivity contribution in [3.05, 3.63) is 47.6 Å². The molecule has 170 valence electrons. The van der Waals surface area contributed by atoms with Crippen LogP contribution in [0, 0.1) is 17.8 Å². The number of allylic oxidation sites excluding steroid dienone is 1. The summed E-state index contributed by atoms with van der Waals surface area (Å²) in [5.41, 5.74) is 2.46. The van der Waals surface area contributed by atoms with Gasteiger partial charge in [-0.15, -0.1) is 0 Å². The Labute approximate surface area is 187 Å². The lowest BCUT2D eigenvalue weighted by Gasteiger charge is -2.30. The molecular weight excluding hydrogens is 388 g/mol. The van der Waals surface area contributed by atoms with Gasteiger partial charge >= 0.3 is 5.97 Å². The Kier molecular flexibility index (Phi) is 10.0. The summed E-state index contributed by atoms with van der Waals surface area (Å²) < 4.78 is 10.9. The second-order valence-electron chi connectivity index (χ2n) is 9.04. The van der Waals surface area contributed by atoms with E-state index in [-0.39, 0.29) is 11.9 Å². The molecule has 0 aliphatic heterocycles. The van der Waals surface area contributed by atoms with Crippen LogP contribution < -0.4 is 4.74 Å². The Morgan fingerprint density at radius 3 is 2.35 bits per heavy atom. The van der Waals surface area contributed by atoms with Gasteiger partial charge < -0.3 is 9.47 Å². The van der Waals surface area contributed by atoms with E-state index in [2.05, 4.69) is 33.4 Å². The third kappa shape index (κ3) is 8.01. The van der Waals surface area contributed by atoms with Crippen LogP contribution >= 0.6 is 0 Å². The molecule has 31 heavy (non-hydrogen) atoms. The van der Waals surface area contributed by atoms with Gasteiger partial charge in [-0.25, -0.2) is 4.79 Å². The number of ketones is 1. The standard InChI is InChI=1S/C27H38O4/c1-19(2)24-15-10-21(5)25(26(24)28)18-22-11-13-23(14-12-22)30-16-8-6-7-9-17-31-27(29)20(3)4/h11-14,18-19,21,24H,3,6-10,15-17H2,1-2,4-5H3/b25-18-. The minimum atomic E-state index is -0.315. The molecular formula is C27H38O4. The Bertz CT molecular complexity index is 773. The maximum absolute atomic E-state index is 12.9. The number of hydrogen-bond donors (Lipinski definition) is 0. The van der Waals surface area contributed by atoms with Gasteiger partial charge in [-0.3, -0.25) is 4.79 Å². The summed E-state index contributed by atoms with van der Waals surface area (Å²) in [6.45, 7) is 12.8. The third-order valence-electron chi connectivity index (χ3n) is 5.96. The summed E-state index contributed by atoms with van der Waals surface area (Å²) in [6, 6.07) is 8.00. The highest BCUT2D eigenvalue weighted by atomic mass is 16.5. The van der Waals surface area contributed by atoms with Crippen molar-refractivity contribution < 1.29 is 19.1 Å². The first-order valence-corrected chi connectivity index (χ1v) is 11.6. The molecule has 0 aromatic heterocycles. The average molecular weight is 427 g/mol. The zero-order valence-corrected chi connectivity index (χ0v) is 19.6. The molecule has 4 nitrogen and oxygen atoms in total. The van der Waals surface area contributed by atoms with Crippen LogP contribution in [0.2, 0.25) is 0 Å². The second kappa shape index (κ2) is 12.5. The first kappa shape index (κ1) is 24.9. The highest BCUT2D eigenvalue weighted by Gasteiger charge is 2.32. The van der Waals surface area contributed by atoms with Crippen LogP contribution in [0.4, 0.5) is 0 Å². The van der Waals surface area contributed by atoms with E-state index in [4.69, 9.17) is 9.47 Å². The van der Waals surface area contributed by atoms with E-state index in [1.54, 1.807) is 6.92 Å². The van der Waals surface area contributed by atoms with Crippen molar-refractivity contribution in [2.24, 2.45) is 17.8 Å². The van der Waals surface area contributed by atoms with Crippen molar-refractivity contribution in [2.75, 3.05) is 13.2 Å². The molecule has 0 heterocycles. The molecule has 2 atom stereocenters. The monoisotopic (exact) mass is 426 g/mol. The van der Waals surface area contributed by atoms with Crippen molar-refractivity contribution in [1.29, 1.82) is 0 Å². The van der Waals surface area contributed by atoms with Gasteiger partial charge in [0.15, 0.2) is 5.78 Å². The molecule has 0 radical (unpaired) electrons. The van der Waals surface area contributed by atoms with Gasteiger partial charge in [0.2, 0.25) is 0 Å². The van der Waals surface area contributed by atoms with Crippen LogP contribution in [-0.4, -0.2) is 25.0 Å². The van der Waals surface area contributed by atoms with E-state index in [1.165, 1.54) is 0 Å². The number of rotatable bonds is 11. The van der Waals surface area contributed by atoms with Crippen molar-refractivity contribution in [2.45, 2.75) is 66.2 Å². The molecule has 1 aliphatic rings. The zero-order valence-electron chi connectivity index (χ0n) is 19.6. The van der Waals surface area contributed by atoms with Crippen molar-refractivity contribution in [3.63, 3.8) is 0 Å². The van der Waals surface area contributed by atoms with Gasteiger partial charge in [0, 0.05) is 11.5 Å². The Morgan fingerprint density at radius 2 is 1.74 bits per heavy atom. The molecule has 0 bridgehead atoms. The maximum atomic E-state index is 12.9. The molecule has 0 N–H and O–H groups in total. The predicted molar refractivity (Wildman–Crippen MR) is 126 cm³/mol. The van der Waals surface area contributed by atoms with E-state index < -0.39 is 0 Å². The van der Waals surface area contributed by atoms with Gasteiger partial charge in [-0.05, 0) is 86.6 Å². The number of unbranched alkanes of at least 4 members (excludes halogenated alkanes) is 3. The number of ether oxygens (including phenoxy) is 2. The molecule has 0 saturated heterocycles. The largest absolute Gasteiger partial charge is 0.494 e. The van der Waals surface area contributed by atoms with E-state index in [1.807, 2.05) is 24.3 Å². The Balaban J connectivity index is 1.73. The van der Waals surface area contributed by atoms with Crippen LogP contribution in [-0.2, 0) is 14.3 Å². The molecule has 1 aromatic rings. The number of esters is 1. The van der Waals surface area contributed by atoms with Gasteiger partial charge in [0.1, 0.15) is 5.75 Å². The molecule has 2 rings (SSSR count). The molecule has 1 aromatic carbocycles. The first-order chi connectivity index (χ1) is 14.8. The van der Waals surface area contributed by atoms with Crippen molar-refractivity contribution >= 4 is 17.8 Å². The maximum Gasteiger partial charge on any atom is 0.333 e. The molecule has 1 fully saturated rings. The van der Waals surface area contributed by atoms with Crippen LogP contribution in [0.15, 0.2) is 42.0 Å². The third-order valence-corrected chi connectivity index (χ3v) is 5.96. The fourth-order valence-electron chi connectivity index (χ4n) is 3.90. The summed E-state index contributed by atoms with van der Waals surface area (Å²) in [4.78, 5) is 24.1. The van der Waals surface area contributed by atoms with Crippen molar-refractivity contribution in [3.8, 4) is 5.75 Å². The summed E-state index contributed by atoms with van der Waals surface area (Å²) >= 11 is 0. The lowest BCUT2D eigenvalue weighted by Crippen LogP contribution is -2.30. The fraction of sp³-hybridized carbons (Fsp3) is 0.556. The zero-order chi connectivity index (χ0) is 22.8. The number of hydrogen-bond acceptors (Lipinski definition) is 4.